The third kappa shape index (κ3) is 18.0. The quantitative estimate of drug-likeness (QED) is 0.0263. The second kappa shape index (κ2) is 30.3. The number of ether oxygens (including phenoxy) is 2. The van der Waals surface area contributed by atoms with Crippen molar-refractivity contribution in [2.75, 3.05) is 13.2 Å². The first kappa shape index (κ1) is 48.6. The zero-order chi connectivity index (χ0) is 40.1. The van der Waals surface area contributed by atoms with E-state index in [4.69, 9.17) is 9.47 Å². The Bertz CT molecular complexity index is 1400. The Kier molecular flexibility index (Phi) is 26.3. The van der Waals surface area contributed by atoms with E-state index in [-0.39, 0.29) is 6.29 Å². The monoisotopic (exact) mass is 848 g/mol. The van der Waals surface area contributed by atoms with E-state index in [0.29, 0.717) is 0 Å². The van der Waals surface area contributed by atoms with Gasteiger partial charge >= 0.3 is 0 Å². The van der Waals surface area contributed by atoms with Crippen LogP contribution in [-0.2, 0) is 15.9 Å². The van der Waals surface area contributed by atoms with Crippen molar-refractivity contribution in [1.29, 1.82) is 0 Å². The topological polar surface area (TPSA) is 18.5 Å². The van der Waals surface area contributed by atoms with E-state index >= 15 is 0 Å². The summed E-state index contributed by atoms with van der Waals surface area (Å²) >= 11 is 4.47. The summed E-state index contributed by atoms with van der Waals surface area (Å²) in [7, 11) is 0. The van der Waals surface area contributed by atoms with E-state index in [1.165, 1.54) is 173 Å². The second-order valence-electron chi connectivity index (χ2n) is 16.3. The molecule has 312 valence electrons. The van der Waals surface area contributed by atoms with Crippen LogP contribution in [0.4, 0.5) is 0 Å². The number of hydrogen-bond donors (Lipinski definition) is 0. The highest BCUT2D eigenvalue weighted by Gasteiger charge is 2.47. The Morgan fingerprint density at radius 1 is 0.500 bits per heavy atom. The number of rotatable bonds is 33. The van der Waals surface area contributed by atoms with Crippen LogP contribution in [0.15, 0.2) is 78.9 Å². The summed E-state index contributed by atoms with van der Waals surface area (Å²) < 4.78 is 12.6. The lowest BCUT2D eigenvalue weighted by Crippen LogP contribution is -2.31. The molecule has 0 saturated carbocycles. The first-order chi connectivity index (χ1) is 27.4. The maximum atomic E-state index is 6.32. The van der Waals surface area contributed by atoms with Gasteiger partial charge in [-0.2, -0.15) is 0 Å². The molecule has 0 heterocycles. The molecule has 0 unspecified atom stereocenters. The highest BCUT2D eigenvalue weighted by molar-refractivity contribution is 9.44. The van der Waals surface area contributed by atoms with Gasteiger partial charge in [-0.1, -0.05) is 171 Å². The highest BCUT2D eigenvalue weighted by Crippen LogP contribution is 2.64. The number of benzene rings is 3. The maximum Gasteiger partial charge on any atom is 0.181 e. The van der Waals surface area contributed by atoms with Crippen molar-refractivity contribution in [2.24, 2.45) is 0 Å². The fraction of sp³-hybridized carbons (Fsp3) is 0.615. The lowest BCUT2D eigenvalue weighted by Gasteiger charge is -2.25. The van der Waals surface area contributed by atoms with Crippen LogP contribution >= 0.6 is 21.5 Å². The van der Waals surface area contributed by atoms with E-state index in [1.54, 1.807) is 0 Å². The van der Waals surface area contributed by atoms with Gasteiger partial charge in [0.1, 0.15) is 15.9 Å². The molecular weight excluding hydrogens is 767 g/mol. The molecule has 56 heavy (non-hydrogen) atoms. The van der Waals surface area contributed by atoms with Crippen LogP contribution in [-0.4, -0.2) is 19.5 Å². The van der Waals surface area contributed by atoms with Gasteiger partial charge in [-0.25, -0.2) is 0 Å². The normalized spacial score (nSPS) is 12.1. The molecule has 0 aliphatic carbocycles. The Hall–Kier alpha value is -1.77. The van der Waals surface area contributed by atoms with Crippen molar-refractivity contribution in [1.82, 2.24) is 0 Å². The van der Waals surface area contributed by atoms with Crippen LogP contribution in [0.2, 0.25) is 0 Å². The average Bonchev–Trinajstić information content (AvgIpc) is 3.20. The summed E-state index contributed by atoms with van der Waals surface area (Å²) in [4.78, 5) is 0. The fourth-order valence-corrected chi connectivity index (χ4v) is 14.9. The molecule has 3 aromatic rings. The van der Waals surface area contributed by atoms with E-state index in [9.17, 15) is 0 Å². The molecule has 0 fully saturated rings. The molecule has 0 saturated heterocycles. The number of unbranched alkanes of at least 4 members (excludes halogenated alkanes) is 18. The van der Waals surface area contributed by atoms with Crippen LogP contribution in [0.25, 0.3) is 0 Å². The molecule has 3 aromatic carbocycles. The number of halogens is 1. The van der Waals surface area contributed by atoms with E-state index < -0.39 is 5.96 Å². The lowest BCUT2D eigenvalue weighted by molar-refractivity contribution is -0.148. The van der Waals surface area contributed by atoms with Crippen LogP contribution in [0.1, 0.15) is 184 Å². The molecule has 4 heteroatoms. The molecule has 2 nitrogen and oxygen atoms in total. The van der Waals surface area contributed by atoms with Crippen molar-refractivity contribution in [3.05, 3.63) is 101 Å². The number of hydrogen-bond acceptors (Lipinski definition) is 2. The first-order valence-corrected chi connectivity index (χ1v) is 26.9. The molecule has 0 aromatic heterocycles. The predicted octanol–water partition coefficient (Wildman–Crippen LogP) is 15.7. The smallest absolute Gasteiger partial charge is 0.181 e. The van der Waals surface area contributed by atoms with Gasteiger partial charge in [0.15, 0.2) is 27.7 Å². The van der Waals surface area contributed by atoms with E-state index in [0.717, 1.165) is 32.5 Å². The summed E-state index contributed by atoms with van der Waals surface area (Å²) in [5, 5.41) is 4.30. The van der Waals surface area contributed by atoms with Gasteiger partial charge in [0, 0.05) is 13.2 Å². The molecule has 3 rings (SSSR count). The van der Waals surface area contributed by atoms with Crippen molar-refractivity contribution in [3.63, 3.8) is 0 Å². The molecule has 0 aliphatic heterocycles. The van der Waals surface area contributed by atoms with Crippen LogP contribution in [0, 0.1) is 20.8 Å². The fourth-order valence-electron chi connectivity index (χ4n) is 7.99. The molecular formula is C52H81BrO2P+. The van der Waals surface area contributed by atoms with Crippen molar-refractivity contribution in [2.45, 2.75) is 195 Å². The summed E-state index contributed by atoms with van der Waals surface area (Å²) in [6.45, 7) is 13.1. The summed E-state index contributed by atoms with van der Waals surface area (Å²) in [6.07, 6.45) is 35.5. The largest absolute Gasteiger partial charge is 0.353 e. The molecule has 0 aliphatic rings. The zero-order valence-electron chi connectivity index (χ0n) is 36.6. The summed E-state index contributed by atoms with van der Waals surface area (Å²) in [5.41, 5.74) is 5.61. The van der Waals surface area contributed by atoms with Gasteiger partial charge < -0.3 is 9.47 Å². The third-order valence-corrected chi connectivity index (χ3v) is 18.5. The average molecular weight is 849 g/mol. The van der Waals surface area contributed by atoms with Crippen molar-refractivity contribution >= 4 is 37.4 Å². The minimum absolute atomic E-state index is 0.0214. The standard InChI is InChI=1S/C52H81BrO2P/c1-6-8-10-12-14-20-24-32-43-54-52(55-44-33-25-21-15-13-11-9-7-2)42-27-23-19-17-16-18-22-26-37-48-38-34-41-51(47(48)5)56(53,49-39-30-28-35-45(49)3)50-40-31-29-36-46(50)4/h16,18,28-31,34-36,38-41,52H,6-15,17,19-27,32-33,37,42-44H2,1-5H3/q+1/b18-16-. The number of aryl methyl sites for hydroxylation is 3. The first-order valence-electron chi connectivity index (χ1n) is 23.1. The molecule has 0 N–H and O–H groups in total. The predicted molar refractivity (Wildman–Crippen MR) is 254 cm³/mol. The van der Waals surface area contributed by atoms with Gasteiger partial charge in [-0.05, 0) is 119 Å². The third-order valence-electron chi connectivity index (χ3n) is 11.5. The van der Waals surface area contributed by atoms with Crippen molar-refractivity contribution < 1.29 is 9.47 Å². The van der Waals surface area contributed by atoms with Crippen molar-refractivity contribution in [3.8, 4) is 0 Å². The molecule has 0 bridgehead atoms. The van der Waals surface area contributed by atoms with E-state index in [2.05, 4.69) is 129 Å². The Balaban J connectivity index is 1.40. The van der Waals surface area contributed by atoms with Gasteiger partial charge in [0.25, 0.3) is 0 Å². The van der Waals surface area contributed by atoms with Crippen LogP contribution < -0.4 is 15.9 Å². The Labute approximate surface area is 354 Å². The van der Waals surface area contributed by atoms with E-state index in [1.807, 2.05) is 0 Å². The minimum Gasteiger partial charge on any atom is -0.353 e. The maximum absolute atomic E-state index is 6.32. The Morgan fingerprint density at radius 3 is 1.46 bits per heavy atom. The molecule has 0 radical (unpaired) electrons. The number of allylic oxidation sites excluding steroid dienone is 2. The Morgan fingerprint density at radius 2 is 0.946 bits per heavy atom. The zero-order valence-corrected chi connectivity index (χ0v) is 39.1. The molecule has 0 amide bonds. The van der Waals surface area contributed by atoms with Gasteiger partial charge in [0.2, 0.25) is 0 Å². The minimum atomic E-state index is -1.98. The van der Waals surface area contributed by atoms with Crippen LogP contribution in [0.5, 0.6) is 0 Å². The van der Waals surface area contributed by atoms with Gasteiger partial charge in [-0.3, -0.25) is 0 Å². The molecule has 0 spiro atoms. The van der Waals surface area contributed by atoms with Crippen LogP contribution in [0.3, 0.4) is 0 Å². The van der Waals surface area contributed by atoms with Gasteiger partial charge in [0.05, 0.1) is 0 Å². The van der Waals surface area contributed by atoms with Gasteiger partial charge in [-0.15, -0.1) is 0 Å². The SMILES string of the molecule is CCCCCCCCCCOC(CCCCC/C=C\CCCc1cccc([P+](Br)(c2ccccc2C)c2ccccc2C)c1C)OCCCCCCCCCC. The summed E-state index contributed by atoms with van der Waals surface area (Å²) in [6, 6.07) is 24.9. The molecule has 0 atom stereocenters. The highest BCUT2D eigenvalue weighted by atomic mass is 79.9. The summed E-state index contributed by atoms with van der Waals surface area (Å²) in [5.74, 6) is -1.98. The second-order valence-corrected chi connectivity index (χ2v) is 22.2. The lowest BCUT2D eigenvalue weighted by atomic mass is 10.0.